The monoisotopic (exact) mass is 321 g/mol. The molecule has 0 aliphatic carbocycles. The van der Waals surface area contributed by atoms with Crippen LogP contribution in [0.15, 0.2) is 0 Å². The number of nitrogens with one attached hydrogen (secondary N) is 2. The molecule has 0 aromatic carbocycles. The molecule has 124 valence electrons. The molecule has 0 aromatic rings. The Morgan fingerprint density at radius 2 is 1.95 bits per heavy atom. The van der Waals surface area contributed by atoms with E-state index in [9.17, 15) is 13.2 Å². The van der Waals surface area contributed by atoms with E-state index in [1.165, 1.54) is 11.8 Å². The number of hydrogen-bond acceptors (Lipinski definition) is 5. The van der Waals surface area contributed by atoms with E-state index in [1.807, 2.05) is 0 Å². The number of piperidine rings is 1. The minimum atomic E-state index is -3.68. The van der Waals surface area contributed by atoms with Crippen LogP contribution in [0.4, 0.5) is 0 Å². The molecule has 1 aliphatic rings. The summed E-state index contributed by atoms with van der Waals surface area (Å²) in [5.41, 5.74) is -0.200. The molecule has 1 fully saturated rings. The van der Waals surface area contributed by atoms with Crippen molar-refractivity contribution < 1.29 is 17.9 Å². The fraction of sp³-hybridized carbons (Fsp3) is 0.923. The second-order valence-corrected chi connectivity index (χ2v) is 8.01. The van der Waals surface area contributed by atoms with E-state index in [0.29, 0.717) is 13.2 Å². The second kappa shape index (κ2) is 7.53. The summed E-state index contributed by atoms with van der Waals surface area (Å²) in [6.45, 7) is 3.91. The lowest BCUT2D eigenvalue weighted by Crippen LogP contribution is -2.50. The van der Waals surface area contributed by atoms with Gasteiger partial charge in [-0.15, -0.1) is 0 Å². The van der Waals surface area contributed by atoms with Gasteiger partial charge in [0.2, 0.25) is 15.9 Å². The van der Waals surface area contributed by atoms with E-state index < -0.39 is 21.2 Å². The molecule has 21 heavy (non-hydrogen) atoms. The minimum absolute atomic E-state index is 0.200. The molecule has 0 radical (unpaired) electrons. The number of rotatable bonds is 7. The van der Waals surface area contributed by atoms with Crippen molar-refractivity contribution in [2.75, 3.05) is 47.4 Å². The minimum Gasteiger partial charge on any atom is -0.384 e. The molecule has 1 atom stereocenters. The summed E-state index contributed by atoms with van der Waals surface area (Å²) in [5.74, 6) is -0.423. The zero-order chi connectivity index (χ0) is 16.1. The Labute approximate surface area is 127 Å². The average Bonchev–Trinajstić information content (AvgIpc) is 2.45. The summed E-state index contributed by atoms with van der Waals surface area (Å²) in [5, 5.41) is 2.17. The average molecular weight is 321 g/mol. The lowest BCUT2D eigenvalue weighted by atomic mass is 9.80. The molecule has 1 rings (SSSR count). The maximum atomic E-state index is 12.3. The van der Waals surface area contributed by atoms with Gasteiger partial charge in [-0.25, -0.2) is 13.1 Å². The van der Waals surface area contributed by atoms with Gasteiger partial charge in [-0.1, -0.05) is 0 Å². The van der Waals surface area contributed by atoms with Crippen molar-refractivity contribution in [1.82, 2.24) is 14.9 Å². The molecule has 1 heterocycles. The van der Waals surface area contributed by atoms with Crippen molar-refractivity contribution in [3.63, 3.8) is 0 Å². The van der Waals surface area contributed by atoms with Crippen molar-refractivity contribution in [3.05, 3.63) is 0 Å². The molecule has 1 aliphatic heterocycles. The predicted molar refractivity (Wildman–Crippen MR) is 81.5 cm³/mol. The number of ether oxygens (including phenoxy) is 1. The molecule has 0 aromatic heterocycles. The summed E-state index contributed by atoms with van der Waals surface area (Å²) < 4.78 is 32.4. The SMILES string of the molecule is COCC1(CNS(=O)(=O)C(C)C(=O)N(C)C)CCNCC1. The summed E-state index contributed by atoms with van der Waals surface area (Å²) in [4.78, 5) is 13.1. The normalized spacial score (nSPS) is 20.0. The molecule has 1 amide bonds. The fourth-order valence-electron chi connectivity index (χ4n) is 2.51. The highest BCUT2D eigenvalue weighted by molar-refractivity contribution is 7.90. The first-order chi connectivity index (χ1) is 9.74. The van der Waals surface area contributed by atoms with E-state index in [0.717, 1.165) is 25.9 Å². The number of hydrogen-bond donors (Lipinski definition) is 2. The third kappa shape index (κ3) is 4.91. The number of sulfonamides is 1. The quantitative estimate of drug-likeness (QED) is 0.654. The number of amides is 1. The third-order valence-corrected chi connectivity index (χ3v) is 5.70. The largest absolute Gasteiger partial charge is 0.384 e. The van der Waals surface area contributed by atoms with Crippen molar-refractivity contribution in [3.8, 4) is 0 Å². The van der Waals surface area contributed by atoms with Crippen molar-refractivity contribution in [1.29, 1.82) is 0 Å². The molecular formula is C13H27N3O4S. The first-order valence-corrected chi connectivity index (χ1v) is 8.68. The van der Waals surface area contributed by atoms with E-state index >= 15 is 0 Å². The van der Waals surface area contributed by atoms with E-state index in [2.05, 4.69) is 10.0 Å². The van der Waals surface area contributed by atoms with Gasteiger partial charge in [0.15, 0.2) is 5.25 Å². The Balaban J connectivity index is 2.72. The Morgan fingerprint density at radius 1 is 1.38 bits per heavy atom. The van der Waals surface area contributed by atoms with Crippen LogP contribution in [-0.4, -0.2) is 71.9 Å². The van der Waals surface area contributed by atoms with E-state index in [1.54, 1.807) is 21.2 Å². The molecule has 0 saturated carbocycles. The van der Waals surface area contributed by atoms with E-state index in [-0.39, 0.29) is 5.41 Å². The molecule has 0 bridgehead atoms. The topological polar surface area (TPSA) is 87.7 Å². The summed E-state index contributed by atoms with van der Waals surface area (Å²) in [6, 6.07) is 0. The standard InChI is InChI=1S/C13H27N3O4S/c1-11(12(17)16(2)3)21(18,19)15-9-13(10-20-4)5-7-14-8-6-13/h11,14-15H,5-10H2,1-4H3. The summed E-state index contributed by atoms with van der Waals surface area (Å²) >= 11 is 0. The van der Waals surface area contributed by atoms with Crippen LogP contribution in [0.3, 0.4) is 0 Å². The smallest absolute Gasteiger partial charge is 0.241 e. The van der Waals surface area contributed by atoms with Crippen LogP contribution in [0.2, 0.25) is 0 Å². The molecular weight excluding hydrogens is 294 g/mol. The lowest BCUT2D eigenvalue weighted by Gasteiger charge is -2.37. The molecule has 0 spiro atoms. The number of carbonyl (C=O) groups excluding carboxylic acids is 1. The zero-order valence-corrected chi connectivity index (χ0v) is 14.1. The highest BCUT2D eigenvalue weighted by atomic mass is 32.2. The van der Waals surface area contributed by atoms with E-state index in [4.69, 9.17) is 4.74 Å². The lowest BCUT2D eigenvalue weighted by molar-refractivity contribution is -0.127. The van der Waals surface area contributed by atoms with Gasteiger partial charge in [0, 0.05) is 33.2 Å². The highest BCUT2D eigenvalue weighted by Gasteiger charge is 2.36. The maximum Gasteiger partial charge on any atom is 0.241 e. The fourth-order valence-corrected chi connectivity index (χ4v) is 3.74. The van der Waals surface area contributed by atoms with Gasteiger partial charge in [-0.3, -0.25) is 4.79 Å². The van der Waals surface area contributed by atoms with Crippen LogP contribution in [0.1, 0.15) is 19.8 Å². The van der Waals surface area contributed by atoms with Crippen LogP contribution in [0, 0.1) is 5.41 Å². The van der Waals surface area contributed by atoms with Crippen LogP contribution >= 0.6 is 0 Å². The van der Waals surface area contributed by atoms with Crippen molar-refractivity contribution in [2.24, 2.45) is 5.41 Å². The maximum absolute atomic E-state index is 12.3. The van der Waals surface area contributed by atoms with Gasteiger partial charge >= 0.3 is 0 Å². The Kier molecular flexibility index (Phi) is 6.58. The molecule has 2 N–H and O–H groups in total. The Bertz CT molecular complexity index is 439. The highest BCUT2D eigenvalue weighted by Crippen LogP contribution is 2.28. The van der Waals surface area contributed by atoms with Crippen LogP contribution < -0.4 is 10.0 Å². The Hall–Kier alpha value is -0.700. The predicted octanol–water partition coefficient (Wildman–Crippen LogP) is -0.601. The van der Waals surface area contributed by atoms with Crippen LogP contribution in [0.5, 0.6) is 0 Å². The van der Waals surface area contributed by atoms with Gasteiger partial charge in [-0.2, -0.15) is 0 Å². The van der Waals surface area contributed by atoms with Gasteiger partial charge in [-0.05, 0) is 32.9 Å². The number of nitrogens with zero attached hydrogens (tertiary/aromatic N) is 1. The molecule has 1 unspecified atom stereocenters. The number of methoxy groups -OCH3 is 1. The molecule has 1 saturated heterocycles. The summed E-state index contributed by atoms with van der Waals surface area (Å²) in [7, 11) is 1.04. The number of carbonyl (C=O) groups is 1. The summed E-state index contributed by atoms with van der Waals surface area (Å²) in [6.07, 6.45) is 1.69. The van der Waals surface area contributed by atoms with Gasteiger partial charge in [0.25, 0.3) is 0 Å². The van der Waals surface area contributed by atoms with Gasteiger partial charge in [0.1, 0.15) is 0 Å². The van der Waals surface area contributed by atoms with Gasteiger partial charge in [0.05, 0.1) is 6.61 Å². The zero-order valence-electron chi connectivity index (χ0n) is 13.3. The first kappa shape index (κ1) is 18.3. The van der Waals surface area contributed by atoms with Gasteiger partial charge < -0.3 is 15.0 Å². The van der Waals surface area contributed by atoms with Crippen molar-refractivity contribution >= 4 is 15.9 Å². The Morgan fingerprint density at radius 3 is 2.43 bits per heavy atom. The molecule has 8 heteroatoms. The van der Waals surface area contributed by atoms with Crippen molar-refractivity contribution in [2.45, 2.75) is 25.0 Å². The van der Waals surface area contributed by atoms with Crippen LogP contribution in [-0.2, 0) is 19.6 Å². The third-order valence-electron chi connectivity index (χ3n) is 4.02. The second-order valence-electron chi connectivity index (χ2n) is 5.92. The first-order valence-electron chi connectivity index (χ1n) is 7.13. The molecule has 7 nitrogen and oxygen atoms in total. The van der Waals surface area contributed by atoms with Crippen LogP contribution in [0.25, 0.3) is 0 Å².